The van der Waals surface area contributed by atoms with E-state index in [1.54, 1.807) is 12.5 Å². The average molecular weight is 362 g/mol. The molecular formula is C6H7OY3-. The van der Waals surface area contributed by atoms with Crippen LogP contribution in [0.5, 0.6) is 0 Å². The maximum Gasteiger partial charge on any atom is 0.0179 e. The molecule has 0 amide bonds. The fourth-order valence-electron chi connectivity index (χ4n) is 0.622. The molecule has 0 atom stereocenters. The Balaban J connectivity index is -0.000000163. The predicted octanol–water partition coefficient (Wildman–Crippen LogP) is 1.10. The summed E-state index contributed by atoms with van der Waals surface area (Å²) in [7, 11) is 0. The summed E-state index contributed by atoms with van der Waals surface area (Å²) in [6, 6.07) is 0. The van der Waals surface area contributed by atoms with Crippen LogP contribution in [0.4, 0.5) is 0 Å². The van der Waals surface area contributed by atoms with Crippen molar-refractivity contribution in [1.82, 2.24) is 0 Å². The Morgan fingerprint density at radius 2 is 1.90 bits per heavy atom. The molecule has 0 heterocycles. The maximum absolute atomic E-state index is 10.3. The Morgan fingerprint density at radius 3 is 2.00 bits per heavy atom. The van der Waals surface area contributed by atoms with E-state index >= 15 is 0 Å². The predicted molar refractivity (Wildman–Crippen MR) is 27.7 cm³/mol. The topological polar surface area (TPSA) is 17.1 Å². The number of hydrogen-bond acceptors (Lipinski definition) is 1. The number of carbonyl (C=O) groups is 1. The molecule has 0 spiro atoms. The number of rotatable bonds is 0. The molecule has 0 unspecified atom stereocenters. The Hall–Kier alpha value is 2.59. The zero-order valence-corrected chi connectivity index (χ0v) is 14.5. The van der Waals surface area contributed by atoms with E-state index in [1.807, 2.05) is 6.92 Å². The molecule has 0 bridgehead atoms. The monoisotopic (exact) mass is 362 g/mol. The molecular weight excluding hydrogens is 355 g/mol. The number of allylic oxidation sites excluding steroid dienone is 2. The minimum Gasteiger partial charge on any atom is -0.332 e. The van der Waals surface area contributed by atoms with Crippen molar-refractivity contribution in [2.24, 2.45) is 0 Å². The molecule has 1 rings (SSSR count). The van der Waals surface area contributed by atoms with Crippen LogP contribution in [0.25, 0.3) is 0 Å². The molecule has 0 aromatic carbocycles. The molecule has 0 aliphatic heterocycles. The van der Waals surface area contributed by atoms with Crippen LogP contribution in [-0.2, 0) is 103 Å². The first kappa shape index (κ1) is 18.4. The van der Waals surface area contributed by atoms with Crippen LogP contribution in [0.1, 0.15) is 13.3 Å². The van der Waals surface area contributed by atoms with Gasteiger partial charge in [-0.1, -0.05) is 13.3 Å². The van der Waals surface area contributed by atoms with Gasteiger partial charge in [0.25, 0.3) is 0 Å². The summed E-state index contributed by atoms with van der Waals surface area (Å²) < 4.78 is 0. The van der Waals surface area contributed by atoms with Gasteiger partial charge in [0.1, 0.15) is 0 Å². The third-order valence-corrected chi connectivity index (χ3v) is 1.01. The first-order valence-electron chi connectivity index (χ1n) is 2.33. The SMILES string of the molecule is CC1=CC(=O)[CH-]C1.[Y].[Y].[Y]. The first-order valence-corrected chi connectivity index (χ1v) is 2.33. The van der Waals surface area contributed by atoms with Crippen molar-refractivity contribution >= 4 is 5.78 Å². The summed E-state index contributed by atoms with van der Waals surface area (Å²) in [5.41, 5.74) is 1.17. The Bertz CT molecular complexity index is 131. The molecule has 0 saturated heterocycles. The first-order chi connectivity index (χ1) is 3.29. The molecule has 0 aromatic rings. The van der Waals surface area contributed by atoms with Crippen molar-refractivity contribution < 1.29 is 103 Å². The molecule has 0 saturated carbocycles. The van der Waals surface area contributed by atoms with Crippen LogP contribution in [-0.4, -0.2) is 5.78 Å². The second-order valence-electron chi connectivity index (χ2n) is 1.80. The van der Waals surface area contributed by atoms with Crippen molar-refractivity contribution in [3.8, 4) is 0 Å². The third kappa shape index (κ3) is 7.25. The zero-order chi connectivity index (χ0) is 5.28. The van der Waals surface area contributed by atoms with Crippen molar-refractivity contribution in [1.29, 1.82) is 0 Å². The number of hydrogen-bond donors (Lipinski definition) is 0. The van der Waals surface area contributed by atoms with Crippen LogP contribution >= 0.6 is 0 Å². The van der Waals surface area contributed by atoms with Gasteiger partial charge in [-0.3, -0.25) is 0 Å². The zero-order valence-electron chi connectivity index (χ0n) is 6.00. The van der Waals surface area contributed by atoms with Crippen molar-refractivity contribution in [2.75, 3.05) is 0 Å². The largest absolute Gasteiger partial charge is 0.332 e. The van der Waals surface area contributed by atoms with Crippen molar-refractivity contribution in [3.05, 3.63) is 18.1 Å². The van der Waals surface area contributed by atoms with Gasteiger partial charge >= 0.3 is 0 Å². The molecule has 4 heteroatoms. The van der Waals surface area contributed by atoms with E-state index in [1.165, 1.54) is 5.57 Å². The van der Waals surface area contributed by atoms with E-state index in [0.29, 0.717) is 0 Å². The molecule has 10 heavy (non-hydrogen) atoms. The van der Waals surface area contributed by atoms with Gasteiger partial charge in [-0.2, -0.15) is 18.1 Å². The van der Waals surface area contributed by atoms with E-state index in [-0.39, 0.29) is 104 Å². The van der Waals surface area contributed by atoms with Gasteiger partial charge in [-0.05, 0) is 0 Å². The molecule has 47 valence electrons. The van der Waals surface area contributed by atoms with Gasteiger partial charge in [0, 0.05) is 104 Å². The minimum atomic E-state index is 0. The molecule has 1 aliphatic rings. The van der Waals surface area contributed by atoms with Crippen molar-refractivity contribution in [2.45, 2.75) is 13.3 Å². The van der Waals surface area contributed by atoms with E-state index in [9.17, 15) is 4.79 Å². The average Bonchev–Trinajstić information content (AvgIpc) is 1.87. The summed E-state index contributed by atoms with van der Waals surface area (Å²) in [6.07, 6.45) is 4.22. The van der Waals surface area contributed by atoms with Gasteiger partial charge in [0.05, 0.1) is 0 Å². The van der Waals surface area contributed by atoms with Crippen molar-refractivity contribution in [3.63, 3.8) is 0 Å². The maximum atomic E-state index is 10.3. The standard InChI is InChI=1S/C6H7O.3Y/c1-5-2-3-6(7)4-5;;;/h3-4H,2H2,1H3;;;/q-1;;;. The van der Waals surface area contributed by atoms with E-state index in [0.717, 1.165) is 6.42 Å². The van der Waals surface area contributed by atoms with E-state index < -0.39 is 0 Å². The summed E-state index contributed by atoms with van der Waals surface area (Å²) in [6.45, 7) is 1.96. The fourth-order valence-corrected chi connectivity index (χ4v) is 0.622. The van der Waals surface area contributed by atoms with Crippen LogP contribution in [0.15, 0.2) is 11.6 Å². The summed E-state index contributed by atoms with van der Waals surface area (Å²) in [4.78, 5) is 10.3. The van der Waals surface area contributed by atoms with Gasteiger partial charge < -0.3 is 4.79 Å². The van der Waals surface area contributed by atoms with Gasteiger partial charge in [-0.25, -0.2) is 0 Å². The van der Waals surface area contributed by atoms with Gasteiger partial charge in [0.2, 0.25) is 0 Å². The van der Waals surface area contributed by atoms with E-state index in [4.69, 9.17) is 0 Å². The van der Waals surface area contributed by atoms with E-state index in [2.05, 4.69) is 0 Å². The second kappa shape index (κ2) is 9.68. The molecule has 1 aliphatic carbocycles. The molecule has 0 N–H and O–H groups in total. The summed E-state index contributed by atoms with van der Waals surface area (Å²) in [5, 5.41) is 0. The minimum absolute atomic E-state index is 0. The van der Waals surface area contributed by atoms with Crippen LogP contribution < -0.4 is 0 Å². The second-order valence-corrected chi connectivity index (χ2v) is 1.80. The smallest absolute Gasteiger partial charge is 0.0179 e. The fraction of sp³-hybridized carbons (Fsp3) is 0.333. The number of ketones is 1. The summed E-state index contributed by atoms with van der Waals surface area (Å²) >= 11 is 0. The third-order valence-electron chi connectivity index (χ3n) is 1.01. The van der Waals surface area contributed by atoms with Crippen LogP contribution in [0.3, 0.4) is 0 Å². The van der Waals surface area contributed by atoms with Gasteiger partial charge in [0.15, 0.2) is 0 Å². The summed E-state index contributed by atoms with van der Waals surface area (Å²) in [5.74, 6) is 0.164. The van der Waals surface area contributed by atoms with Crippen LogP contribution in [0, 0.1) is 6.42 Å². The van der Waals surface area contributed by atoms with Crippen LogP contribution in [0.2, 0.25) is 0 Å². The Labute approximate surface area is 137 Å². The number of carbonyl (C=O) groups excluding carboxylic acids is 1. The normalized spacial score (nSPS) is 13.3. The molecule has 0 fully saturated rings. The molecule has 0 aromatic heterocycles. The Kier molecular flexibility index (Phi) is 17.8. The molecule has 3 radical (unpaired) electrons. The van der Waals surface area contributed by atoms with Gasteiger partial charge in [-0.15, -0.1) is 0 Å². The Morgan fingerprint density at radius 1 is 1.40 bits per heavy atom. The molecule has 1 nitrogen and oxygen atoms in total. The quantitative estimate of drug-likeness (QED) is 0.591.